The van der Waals surface area contributed by atoms with Gasteiger partial charge in [-0.3, -0.25) is 19.7 Å². The van der Waals surface area contributed by atoms with Crippen molar-refractivity contribution in [3.63, 3.8) is 0 Å². The average Bonchev–Trinajstić information content (AvgIpc) is 3.13. The van der Waals surface area contributed by atoms with Crippen LogP contribution in [0.1, 0.15) is 6.42 Å². The first-order valence-electron chi connectivity index (χ1n) is 9.03. The van der Waals surface area contributed by atoms with Gasteiger partial charge in [-0.15, -0.1) is 0 Å². The zero-order valence-electron chi connectivity index (χ0n) is 15.3. The van der Waals surface area contributed by atoms with Crippen molar-refractivity contribution in [1.82, 2.24) is 24.6 Å². The van der Waals surface area contributed by atoms with Gasteiger partial charge in [0.25, 0.3) is 0 Å². The Labute approximate surface area is 157 Å². The molecule has 140 valence electrons. The van der Waals surface area contributed by atoms with Crippen molar-refractivity contribution in [3.8, 4) is 11.1 Å². The van der Waals surface area contributed by atoms with E-state index in [4.69, 9.17) is 4.74 Å². The van der Waals surface area contributed by atoms with Gasteiger partial charge in [-0.1, -0.05) is 12.1 Å². The number of hydrogen-bond acceptors (Lipinski definition) is 6. The van der Waals surface area contributed by atoms with Crippen LogP contribution in [0.2, 0.25) is 0 Å². The number of carbonyl (C=O) groups excluding carboxylic acids is 1. The highest BCUT2D eigenvalue weighted by atomic mass is 16.5. The first-order chi connectivity index (χ1) is 13.2. The smallest absolute Gasteiger partial charge is 0.229 e. The third-order valence-electron chi connectivity index (χ3n) is 4.63. The Bertz CT molecular complexity index is 948. The molecule has 1 aliphatic heterocycles. The molecule has 0 radical (unpaired) electrons. The highest BCUT2D eigenvalue weighted by molar-refractivity contribution is 5.91. The van der Waals surface area contributed by atoms with Crippen molar-refractivity contribution in [2.24, 2.45) is 7.05 Å². The Morgan fingerprint density at radius 1 is 1.22 bits per heavy atom. The first-order valence-corrected chi connectivity index (χ1v) is 9.03. The van der Waals surface area contributed by atoms with E-state index in [9.17, 15) is 4.79 Å². The fourth-order valence-electron chi connectivity index (χ4n) is 3.11. The fourth-order valence-corrected chi connectivity index (χ4v) is 3.11. The molecular formula is C19H22N6O2. The molecule has 27 heavy (non-hydrogen) atoms. The Hall–Kier alpha value is -2.84. The van der Waals surface area contributed by atoms with Crippen molar-refractivity contribution in [2.45, 2.75) is 6.42 Å². The molecule has 1 fully saturated rings. The van der Waals surface area contributed by atoms with E-state index >= 15 is 0 Å². The molecule has 8 heteroatoms. The molecule has 3 heterocycles. The second kappa shape index (κ2) is 7.81. The second-order valence-corrected chi connectivity index (χ2v) is 6.62. The number of nitrogens with zero attached hydrogens (tertiary/aromatic N) is 5. The Balaban J connectivity index is 1.44. The number of anilines is 1. The second-order valence-electron chi connectivity index (χ2n) is 6.62. The molecule has 1 aliphatic rings. The fraction of sp³-hybridized carbons (Fsp3) is 0.368. The summed E-state index contributed by atoms with van der Waals surface area (Å²) in [6.07, 6.45) is 5.91. The number of aromatic nitrogens is 4. The van der Waals surface area contributed by atoms with Crippen LogP contribution in [0.15, 0.2) is 36.8 Å². The van der Waals surface area contributed by atoms with E-state index in [0.717, 1.165) is 48.3 Å². The Kier molecular flexibility index (Phi) is 5.08. The summed E-state index contributed by atoms with van der Waals surface area (Å²) in [4.78, 5) is 23.2. The van der Waals surface area contributed by atoms with Gasteiger partial charge >= 0.3 is 0 Å². The standard InChI is InChI=1S/C19H22N6O2/c1-24-13-16(12-21-24)14-2-3-15-11-20-19(22-17(15)10-14)23-18(26)4-5-25-6-8-27-9-7-25/h2-3,10-13H,4-9H2,1H3,(H,20,22,23,26). The largest absolute Gasteiger partial charge is 0.379 e. The molecule has 0 aliphatic carbocycles. The monoisotopic (exact) mass is 366 g/mol. The normalized spacial score (nSPS) is 15.1. The lowest BCUT2D eigenvalue weighted by Crippen LogP contribution is -2.38. The molecular weight excluding hydrogens is 344 g/mol. The van der Waals surface area contributed by atoms with Crippen molar-refractivity contribution in [3.05, 3.63) is 36.8 Å². The number of ether oxygens (including phenoxy) is 1. The third kappa shape index (κ3) is 4.29. The zero-order valence-corrected chi connectivity index (χ0v) is 15.3. The number of nitrogens with one attached hydrogen (secondary N) is 1. The van der Waals surface area contributed by atoms with Gasteiger partial charge in [-0.05, 0) is 11.6 Å². The molecule has 1 N–H and O–H groups in total. The minimum Gasteiger partial charge on any atom is -0.379 e. The van der Waals surface area contributed by atoms with Crippen LogP contribution in [0.25, 0.3) is 22.0 Å². The summed E-state index contributed by atoms with van der Waals surface area (Å²) in [6.45, 7) is 3.92. The number of carbonyl (C=O) groups is 1. The maximum atomic E-state index is 12.2. The minimum atomic E-state index is -0.0794. The highest BCUT2D eigenvalue weighted by Gasteiger charge is 2.13. The molecule has 1 saturated heterocycles. The van der Waals surface area contributed by atoms with Crippen LogP contribution in [0, 0.1) is 0 Å². The quantitative estimate of drug-likeness (QED) is 0.740. The number of rotatable bonds is 5. The molecule has 1 amide bonds. The van der Waals surface area contributed by atoms with Crippen LogP contribution in [-0.4, -0.2) is 63.4 Å². The lowest BCUT2D eigenvalue weighted by molar-refractivity contribution is -0.116. The van der Waals surface area contributed by atoms with Crippen molar-refractivity contribution >= 4 is 22.8 Å². The van der Waals surface area contributed by atoms with Gasteiger partial charge in [-0.25, -0.2) is 9.97 Å². The summed E-state index contributed by atoms with van der Waals surface area (Å²) in [6, 6.07) is 5.97. The van der Waals surface area contributed by atoms with E-state index in [-0.39, 0.29) is 5.91 Å². The summed E-state index contributed by atoms with van der Waals surface area (Å²) in [7, 11) is 1.89. The van der Waals surface area contributed by atoms with Crippen LogP contribution >= 0.6 is 0 Å². The lowest BCUT2D eigenvalue weighted by atomic mass is 10.1. The third-order valence-corrected chi connectivity index (χ3v) is 4.63. The number of amides is 1. The SMILES string of the molecule is Cn1cc(-c2ccc3cnc(NC(=O)CCN4CCOCC4)nc3c2)cn1. The molecule has 8 nitrogen and oxygen atoms in total. The molecule has 4 rings (SSSR count). The molecule has 0 spiro atoms. The number of hydrogen-bond donors (Lipinski definition) is 1. The van der Waals surface area contributed by atoms with Crippen molar-refractivity contribution in [2.75, 3.05) is 38.2 Å². The first kappa shape index (κ1) is 17.6. The van der Waals surface area contributed by atoms with Gasteiger partial charge < -0.3 is 4.74 Å². The van der Waals surface area contributed by atoms with Gasteiger partial charge in [0.1, 0.15) is 0 Å². The van der Waals surface area contributed by atoms with Crippen LogP contribution in [-0.2, 0) is 16.6 Å². The highest BCUT2D eigenvalue weighted by Crippen LogP contribution is 2.23. The molecule has 3 aromatic rings. The van der Waals surface area contributed by atoms with Crippen molar-refractivity contribution < 1.29 is 9.53 Å². The maximum Gasteiger partial charge on any atom is 0.229 e. The number of benzene rings is 1. The maximum absolute atomic E-state index is 12.2. The van der Waals surface area contributed by atoms with E-state index in [1.54, 1.807) is 10.9 Å². The molecule has 0 atom stereocenters. The number of morpholine rings is 1. The van der Waals surface area contributed by atoms with Crippen LogP contribution in [0.3, 0.4) is 0 Å². The molecule has 1 aromatic carbocycles. The Morgan fingerprint density at radius 2 is 2.07 bits per heavy atom. The van der Waals surface area contributed by atoms with Crippen LogP contribution < -0.4 is 5.32 Å². The van der Waals surface area contributed by atoms with E-state index in [2.05, 4.69) is 25.3 Å². The molecule has 2 aromatic heterocycles. The zero-order chi connectivity index (χ0) is 18.6. The van der Waals surface area contributed by atoms with E-state index in [0.29, 0.717) is 18.9 Å². The van der Waals surface area contributed by atoms with Gasteiger partial charge in [0.2, 0.25) is 11.9 Å². The summed E-state index contributed by atoms with van der Waals surface area (Å²) >= 11 is 0. The Morgan fingerprint density at radius 3 is 2.85 bits per heavy atom. The van der Waals surface area contributed by atoms with Gasteiger partial charge in [0.05, 0.1) is 24.9 Å². The van der Waals surface area contributed by atoms with Gasteiger partial charge in [0.15, 0.2) is 0 Å². The molecule has 0 unspecified atom stereocenters. The van der Waals surface area contributed by atoms with Crippen LogP contribution in [0.5, 0.6) is 0 Å². The predicted octanol–water partition coefficient (Wildman–Crippen LogP) is 1.69. The summed E-state index contributed by atoms with van der Waals surface area (Å²) in [5, 5.41) is 7.93. The van der Waals surface area contributed by atoms with Gasteiger partial charge in [-0.2, -0.15) is 5.10 Å². The van der Waals surface area contributed by atoms with Gasteiger partial charge in [0, 0.05) is 56.4 Å². The van der Waals surface area contributed by atoms with Crippen LogP contribution in [0.4, 0.5) is 5.95 Å². The average molecular weight is 366 g/mol. The number of fused-ring (bicyclic) bond motifs is 1. The summed E-state index contributed by atoms with van der Waals surface area (Å²) in [5.74, 6) is 0.252. The molecule has 0 bridgehead atoms. The predicted molar refractivity (Wildman–Crippen MR) is 102 cm³/mol. The van der Waals surface area contributed by atoms with E-state index < -0.39 is 0 Å². The number of aryl methyl sites for hydroxylation is 1. The summed E-state index contributed by atoms with van der Waals surface area (Å²) < 4.78 is 7.08. The lowest BCUT2D eigenvalue weighted by Gasteiger charge is -2.26. The minimum absolute atomic E-state index is 0.0794. The van der Waals surface area contributed by atoms with E-state index in [1.807, 2.05) is 37.6 Å². The van der Waals surface area contributed by atoms with Crippen molar-refractivity contribution in [1.29, 1.82) is 0 Å². The summed E-state index contributed by atoms with van der Waals surface area (Å²) in [5.41, 5.74) is 2.84. The molecule has 0 saturated carbocycles. The van der Waals surface area contributed by atoms with E-state index in [1.165, 1.54) is 0 Å². The topological polar surface area (TPSA) is 85.2 Å².